The maximum absolute atomic E-state index is 14.0. The van der Waals surface area contributed by atoms with Crippen LogP contribution in [-0.2, 0) is 33.8 Å². The van der Waals surface area contributed by atoms with Crippen molar-refractivity contribution in [1.82, 2.24) is 10.3 Å². The first-order valence-electron chi connectivity index (χ1n) is 11.9. The van der Waals surface area contributed by atoms with E-state index in [1.165, 1.54) is 26.0 Å². The van der Waals surface area contributed by atoms with Crippen molar-refractivity contribution in [3.8, 4) is 11.8 Å². The van der Waals surface area contributed by atoms with Crippen LogP contribution in [0.3, 0.4) is 0 Å². The van der Waals surface area contributed by atoms with Crippen LogP contribution in [0.25, 0.3) is 0 Å². The molecule has 0 radical (unpaired) electrons. The van der Waals surface area contributed by atoms with Crippen LogP contribution in [0.5, 0.6) is 0 Å². The Balaban J connectivity index is 2.14. The Kier molecular flexibility index (Phi) is 8.40. The van der Waals surface area contributed by atoms with E-state index in [4.69, 9.17) is 9.72 Å². The van der Waals surface area contributed by atoms with Crippen LogP contribution in [0.1, 0.15) is 75.2 Å². The molecule has 1 atom stereocenters. The Labute approximate surface area is 225 Å². The van der Waals surface area contributed by atoms with Gasteiger partial charge in [-0.1, -0.05) is 5.92 Å². The number of hydrogen-bond acceptors (Lipinski definition) is 5. The third-order valence-corrected chi connectivity index (χ3v) is 8.86. The fourth-order valence-corrected chi connectivity index (χ4v) is 4.94. The van der Waals surface area contributed by atoms with Crippen LogP contribution < -0.4 is 5.32 Å². The molecule has 1 aromatic heterocycles. The van der Waals surface area contributed by atoms with Crippen LogP contribution in [-0.4, -0.2) is 36.1 Å². The van der Waals surface area contributed by atoms with Crippen molar-refractivity contribution in [2.45, 2.75) is 76.7 Å². The zero-order chi connectivity index (χ0) is 27.8. The Bertz CT molecular complexity index is 1370. The number of aromatic nitrogens is 1. The second kappa shape index (κ2) is 10.7. The molecule has 1 N–H and O–H groups in total. The van der Waals surface area contributed by atoms with Crippen LogP contribution in [0.2, 0.25) is 0 Å². The standard InChI is InChI=1S/C27H31BrF2N2O4S/c1-26(2,3)36-25(33)32-22(14-16-12-17(29)15-18(30)13-16)24-23(28)20-9-7-8-19(20)21(31-24)10-11-27(4,5)37(6,34)35/h12-13,15,22H,7-9,14H2,1-6H3,(H,32,33). The van der Waals surface area contributed by atoms with Gasteiger partial charge in [0.25, 0.3) is 0 Å². The van der Waals surface area contributed by atoms with E-state index in [9.17, 15) is 22.0 Å². The largest absolute Gasteiger partial charge is 0.444 e. The first-order chi connectivity index (χ1) is 17.0. The van der Waals surface area contributed by atoms with Crippen molar-refractivity contribution >= 4 is 31.9 Å². The van der Waals surface area contributed by atoms with Gasteiger partial charge < -0.3 is 10.1 Å². The second-order valence-corrected chi connectivity index (χ2v) is 14.0. The van der Waals surface area contributed by atoms with Gasteiger partial charge in [-0.2, -0.15) is 0 Å². The summed E-state index contributed by atoms with van der Waals surface area (Å²) in [6, 6.07) is 2.35. The van der Waals surface area contributed by atoms with E-state index < -0.39 is 44.0 Å². The highest BCUT2D eigenvalue weighted by Crippen LogP contribution is 2.36. The lowest BCUT2D eigenvalue weighted by molar-refractivity contribution is 0.0502. The molecule has 6 nitrogen and oxygen atoms in total. The molecular weight excluding hydrogens is 566 g/mol. The maximum Gasteiger partial charge on any atom is 0.408 e. The average Bonchev–Trinajstić information content (AvgIpc) is 3.20. The fourth-order valence-electron chi connectivity index (χ4n) is 3.91. The highest BCUT2D eigenvalue weighted by molar-refractivity contribution is 9.10. The number of benzene rings is 1. The molecule has 0 fully saturated rings. The zero-order valence-electron chi connectivity index (χ0n) is 21.8. The molecule has 0 saturated heterocycles. The van der Waals surface area contributed by atoms with Crippen molar-refractivity contribution in [3.05, 3.63) is 62.4 Å². The van der Waals surface area contributed by atoms with Gasteiger partial charge in [-0.15, -0.1) is 0 Å². The number of alkyl carbamates (subject to hydrolysis) is 1. The van der Waals surface area contributed by atoms with E-state index in [0.717, 1.165) is 42.7 Å². The molecule has 3 rings (SSSR count). The number of fused-ring (bicyclic) bond motifs is 1. The van der Waals surface area contributed by atoms with E-state index in [1.807, 2.05) is 0 Å². The smallest absolute Gasteiger partial charge is 0.408 e. The van der Waals surface area contributed by atoms with E-state index in [2.05, 4.69) is 33.1 Å². The summed E-state index contributed by atoms with van der Waals surface area (Å²) in [4.78, 5) is 17.5. The zero-order valence-corrected chi connectivity index (χ0v) is 24.2. The van der Waals surface area contributed by atoms with Crippen molar-refractivity contribution in [3.63, 3.8) is 0 Å². The lowest BCUT2D eigenvalue weighted by Crippen LogP contribution is -2.36. The number of carbonyl (C=O) groups excluding carboxylic acids is 1. The predicted molar refractivity (Wildman–Crippen MR) is 142 cm³/mol. The molecular formula is C27H31BrF2N2O4S. The number of nitrogens with one attached hydrogen (secondary N) is 1. The van der Waals surface area contributed by atoms with E-state index >= 15 is 0 Å². The highest BCUT2D eigenvalue weighted by Gasteiger charge is 2.30. The van der Waals surface area contributed by atoms with Gasteiger partial charge in [0.15, 0.2) is 9.84 Å². The Morgan fingerprint density at radius 1 is 1.14 bits per heavy atom. The second-order valence-electron chi connectivity index (χ2n) is 10.7. The molecule has 0 aliphatic heterocycles. The van der Waals surface area contributed by atoms with Crippen LogP contribution in [0.15, 0.2) is 22.7 Å². The highest BCUT2D eigenvalue weighted by atomic mass is 79.9. The first kappa shape index (κ1) is 29.1. The lowest BCUT2D eigenvalue weighted by Gasteiger charge is -2.25. The van der Waals surface area contributed by atoms with Gasteiger partial charge in [0.2, 0.25) is 0 Å². The van der Waals surface area contributed by atoms with Gasteiger partial charge in [-0.25, -0.2) is 27.0 Å². The van der Waals surface area contributed by atoms with Gasteiger partial charge in [-0.05, 0) is 111 Å². The summed E-state index contributed by atoms with van der Waals surface area (Å²) in [5.74, 6) is 4.33. The molecule has 37 heavy (non-hydrogen) atoms. The van der Waals surface area contributed by atoms with Crippen molar-refractivity contribution in [2.75, 3.05) is 6.26 Å². The third kappa shape index (κ3) is 7.29. The molecule has 1 aliphatic carbocycles. The molecule has 1 heterocycles. The van der Waals surface area contributed by atoms with E-state index in [-0.39, 0.29) is 6.42 Å². The number of hydrogen-bond donors (Lipinski definition) is 1. The SMILES string of the molecule is CC(C)(C)OC(=O)NC(Cc1cc(F)cc(F)c1)c1nc(C#CC(C)(C)S(C)(=O)=O)c2c(c1Br)CCC2. The summed E-state index contributed by atoms with van der Waals surface area (Å²) in [5.41, 5.74) is 2.27. The molecule has 200 valence electrons. The maximum atomic E-state index is 14.0. The summed E-state index contributed by atoms with van der Waals surface area (Å²) < 4.78 is 57.1. The summed E-state index contributed by atoms with van der Waals surface area (Å²) >= 11 is 3.64. The van der Waals surface area contributed by atoms with Crippen LogP contribution in [0.4, 0.5) is 13.6 Å². The van der Waals surface area contributed by atoms with Gasteiger partial charge in [0.05, 0.1) is 11.7 Å². The lowest BCUT2D eigenvalue weighted by atomic mass is 9.99. The normalized spacial score (nSPS) is 14.4. The first-order valence-corrected chi connectivity index (χ1v) is 14.5. The molecule has 0 saturated carbocycles. The van der Waals surface area contributed by atoms with Gasteiger partial charge in [0.1, 0.15) is 27.7 Å². The molecule has 0 bridgehead atoms. The van der Waals surface area contributed by atoms with Gasteiger partial charge in [0, 0.05) is 16.8 Å². The quantitative estimate of drug-likeness (QED) is 0.454. The molecule has 2 aromatic rings. The van der Waals surface area contributed by atoms with Crippen LogP contribution >= 0.6 is 15.9 Å². The van der Waals surface area contributed by atoms with Crippen molar-refractivity contribution in [1.29, 1.82) is 0 Å². The number of nitrogens with zero attached hydrogens (tertiary/aromatic N) is 1. The molecule has 1 aromatic carbocycles. The fraction of sp³-hybridized carbons (Fsp3) is 0.481. The van der Waals surface area contributed by atoms with Gasteiger partial charge >= 0.3 is 6.09 Å². The minimum atomic E-state index is -3.46. The Morgan fingerprint density at radius 2 is 1.73 bits per heavy atom. The number of ether oxygens (including phenoxy) is 1. The number of pyridine rings is 1. The monoisotopic (exact) mass is 596 g/mol. The average molecular weight is 598 g/mol. The Morgan fingerprint density at radius 3 is 2.30 bits per heavy atom. The van der Waals surface area contributed by atoms with E-state index in [0.29, 0.717) is 21.4 Å². The Hall–Kier alpha value is -2.51. The molecule has 10 heteroatoms. The molecule has 1 unspecified atom stereocenters. The van der Waals surface area contributed by atoms with Crippen LogP contribution in [0, 0.1) is 23.5 Å². The predicted octanol–water partition coefficient (Wildman–Crippen LogP) is 5.59. The molecule has 0 spiro atoms. The summed E-state index contributed by atoms with van der Waals surface area (Å²) in [6.07, 6.45) is 2.77. The molecule has 1 amide bonds. The minimum absolute atomic E-state index is 0.0278. The van der Waals surface area contributed by atoms with Crippen molar-refractivity contribution < 1.29 is 26.7 Å². The summed E-state index contributed by atoms with van der Waals surface area (Å²) in [6.45, 7) is 8.24. The van der Waals surface area contributed by atoms with Crippen molar-refractivity contribution in [2.24, 2.45) is 0 Å². The van der Waals surface area contributed by atoms with E-state index in [1.54, 1.807) is 20.8 Å². The topological polar surface area (TPSA) is 85.4 Å². The van der Waals surface area contributed by atoms with Gasteiger partial charge in [-0.3, -0.25) is 0 Å². The number of carbonyl (C=O) groups is 1. The minimum Gasteiger partial charge on any atom is -0.444 e. The number of sulfone groups is 1. The number of rotatable bonds is 5. The number of amides is 1. The summed E-state index contributed by atoms with van der Waals surface area (Å²) in [7, 11) is -3.46. The third-order valence-electron chi connectivity index (χ3n) is 6.02. The number of halogens is 3. The molecule has 1 aliphatic rings. The summed E-state index contributed by atoms with van der Waals surface area (Å²) in [5, 5.41) is 2.79.